The third-order valence-electron chi connectivity index (χ3n) is 3.62. The van der Waals surface area contributed by atoms with Crippen molar-refractivity contribution in [2.75, 3.05) is 19.6 Å². The molecule has 0 spiro atoms. The summed E-state index contributed by atoms with van der Waals surface area (Å²) in [5.74, 6) is -0.112. The Hall–Kier alpha value is -0.450. The molecule has 18 heavy (non-hydrogen) atoms. The van der Waals surface area contributed by atoms with Crippen molar-refractivity contribution in [2.24, 2.45) is 0 Å². The summed E-state index contributed by atoms with van der Waals surface area (Å²) in [6.07, 6.45) is 1.09. The molecule has 0 amide bonds. The molecule has 1 fully saturated rings. The summed E-state index contributed by atoms with van der Waals surface area (Å²) in [4.78, 5) is 2.40. The van der Waals surface area contributed by atoms with Crippen LogP contribution in [-0.2, 0) is 0 Å². The van der Waals surface area contributed by atoms with Crippen LogP contribution in [0.3, 0.4) is 0 Å². The van der Waals surface area contributed by atoms with Crippen LogP contribution < -0.4 is 5.32 Å². The summed E-state index contributed by atoms with van der Waals surface area (Å²) in [6, 6.07) is 5.85. The predicted octanol–water partition coefficient (Wildman–Crippen LogP) is 3.33. The summed E-state index contributed by atoms with van der Waals surface area (Å²) in [5.41, 5.74) is 0.782. The minimum Gasteiger partial charge on any atom is -0.314 e. The fourth-order valence-electron chi connectivity index (χ4n) is 2.47. The molecular formula is C14H20BrFN2. The molecule has 0 saturated carbocycles. The second-order valence-corrected chi connectivity index (χ2v) is 5.81. The summed E-state index contributed by atoms with van der Waals surface area (Å²) < 4.78 is 14.9. The van der Waals surface area contributed by atoms with Crippen LogP contribution in [0, 0.1) is 5.82 Å². The molecule has 1 aliphatic heterocycles. The third kappa shape index (κ3) is 2.92. The average molecular weight is 315 g/mol. The van der Waals surface area contributed by atoms with Crippen molar-refractivity contribution in [2.45, 2.75) is 32.4 Å². The molecule has 4 heteroatoms. The molecule has 1 saturated heterocycles. The van der Waals surface area contributed by atoms with Gasteiger partial charge >= 0.3 is 0 Å². The number of nitrogens with one attached hydrogen (secondary N) is 1. The van der Waals surface area contributed by atoms with Gasteiger partial charge in [-0.3, -0.25) is 4.90 Å². The quantitative estimate of drug-likeness (QED) is 0.896. The summed E-state index contributed by atoms with van der Waals surface area (Å²) >= 11 is 3.42. The van der Waals surface area contributed by atoms with Crippen LogP contribution in [-0.4, -0.2) is 30.6 Å². The van der Waals surface area contributed by atoms with E-state index in [9.17, 15) is 4.39 Å². The summed E-state index contributed by atoms with van der Waals surface area (Å²) in [7, 11) is 0. The first-order chi connectivity index (χ1) is 8.63. The maximum Gasteiger partial charge on any atom is 0.128 e. The van der Waals surface area contributed by atoms with E-state index in [0.29, 0.717) is 6.04 Å². The Labute approximate surface area is 117 Å². The zero-order chi connectivity index (χ0) is 13.1. The topological polar surface area (TPSA) is 15.3 Å². The number of hydrogen-bond acceptors (Lipinski definition) is 2. The van der Waals surface area contributed by atoms with Crippen molar-refractivity contribution < 1.29 is 4.39 Å². The SMILES string of the molecule is CCCN(C1CNC1)C(C)c1cc(Br)ccc1F. The maximum absolute atomic E-state index is 13.9. The van der Waals surface area contributed by atoms with Crippen molar-refractivity contribution in [3.05, 3.63) is 34.1 Å². The van der Waals surface area contributed by atoms with E-state index < -0.39 is 0 Å². The molecule has 2 nitrogen and oxygen atoms in total. The average Bonchev–Trinajstić information content (AvgIpc) is 2.28. The van der Waals surface area contributed by atoms with Gasteiger partial charge in [0, 0.05) is 35.2 Å². The van der Waals surface area contributed by atoms with Gasteiger partial charge in [-0.2, -0.15) is 0 Å². The van der Waals surface area contributed by atoms with Crippen molar-refractivity contribution in [3.63, 3.8) is 0 Å². The van der Waals surface area contributed by atoms with Gasteiger partial charge in [0.1, 0.15) is 5.82 Å². The number of hydrogen-bond donors (Lipinski definition) is 1. The van der Waals surface area contributed by atoms with Gasteiger partial charge in [0.2, 0.25) is 0 Å². The van der Waals surface area contributed by atoms with Gasteiger partial charge in [-0.25, -0.2) is 4.39 Å². The Morgan fingerprint density at radius 2 is 2.22 bits per heavy atom. The monoisotopic (exact) mass is 314 g/mol. The van der Waals surface area contributed by atoms with Crippen LogP contribution in [0.25, 0.3) is 0 Å². The molecule has 100 valence electrons. The van der Waals surface area contributed by atoms with Gasteiger partial charge in [0.15, 0.2) is 0 Å². The molecule has 0 bridgehead atoms. The van der Waals surface area contributed by atoms with Gasteiger partial charge < -0.3 is 5.32 Å². The number of halogens is 2. The van der Waals surface area contributed by atoms with E-state index in [0.717, 1.165) is 36.1 Å². The van der Waals surface area contributed by atoms with Crippen molar-refractivity contribution in [1.29, 1.82) is 0 Å². The Bertz CT molecular complexity index is 407. The fourth-order valence-corrected chi connectivity index (χ4v) is 2.85. The van der Waals surface area contributed by atoms with Crippen LogP contribution in [0.2, 0.25) is 0 Å². The first kappa shape index (κ1) is 14.0. The Morgan fingerprint density at radius 3 is 2.78 bits per heavy atom. The second kappa shape index (κ2) is 6.13. The molecule has 1 heterocycles. The lowest BCUT2D eigenvalue weighted by molar-refractivity contribution is 0.101. The van der Waals surface area contributed by atoms with Crippen molar-refractivity contribution >= 4 is 15.9 Å². The van der Waals surface area contributed by atoms with Gasteiger partial charge in [-0.05, 0) is 38.1 Å². The van der Waals surface area contributed by atoms with E-state index in [2.05, 4.69) is 40.0 Å². The number of benzene rings is 1. The first-order valence-electron chi connectivity index (χ1n) is 6.55. The lowest BCUT2D eigenvalue weighted by atomic mass is 10.0. The molecular weight excluding hydrogens is 295 g/mol. The molecule has 0 aromatic heterocycles. The fraction of sp³-hybridized carbons (Fsp3) is 0.571. The molecule has 1 aromatic carbocycles. The number of rotatable bonds is 5. The van der Waals surface area contributed by atoms with Gasteiger partial charge in [-0.1, -0.05) is 22.9 Å². The Balaban J connectivity index is 2.20. The van der Waals surface area contributed by atoms with E-state index in [1.54, 1.807) is 12.1 Å². The van der Waals surface area contributed by atoms with Gasteiger partial charge in [0.25, 0.3) is 0 Å². The summed E-state index contributed by atoms with van der Waals surface area (Å²) in [5, 5.41) is 3.29. The van der Waals surface area contributed by atoms with E-state index in [-0.39, 0.29) is 11.9 Å². The lowest BCUT2D eigenvalue weighted by Gasteiger charge is -2.42. The molecule has 1 atom stereocenters. The lowest BCUT2D eigenvalue weighted by Crippen LogP contribution is -2.57. The largest absolute Gasteiger partial charge is 0.314 e. The molecule has 0 radical (unpaired) electrons. The van der Waals surface area contributed by atoms with E-state index in [1.807, 2.05) is 6.07 Å². The van der Waals surface area contributed by atoms with Crippen LogP contribution >= 0.6 is 15.9 Å². The maximum atomic E-state index is 13.9. The molecule has 1 N–H and O–H groups in total. The minimum atomic E-state index is -0.112. The minimum absolute atomic E-state index is 0.112. The standard InChI is InChI=1S/C14H20BrFN2/c1-3-6-18(12-8-17-9-12)10(2)13-7-11(15)4-5-14(13)16/h4-5,7,10,12,17H,3,6,8-9H2,1-2H3. The molecule has 1 aliphatic rings. The smallest absolute Gasteiger partial charge is 0.128 e. The highest BCUT2D eigenvalue weighted by molar-refractivity contribution is 9.10. The first-order valence-corrected chi connectivity index (χ1v) is 7.34. The van der Waals surface area contributed by atoms with Crippen LogP contribution in [0.1, 0.15) is 31.9 Å². The zero-order valence-corrected chi connectivity index (χ0v) is 12.5. The normalized spacial score (nSPS) is 17.8. The van der Waals surface area contributed by atoms with Crippen LogP contribution in [0.4, 0.5) is 4.39 Å². The summed E-state index contributed by atoms with van der Waals surface area (Å²) in [6.45, 7) is 7.31. The van der Waals surface area contributed by atoms with E-state index in [4.69, 9.17) is 0 Å². The predicted molar refractivity (Wildman–Crippen MR) is 76.2 cm³/mol. The third-order valence-corrected chi connectivity index (χ3v) is 4.11. The van der Waals surface area contributed by atoms with Gasteiger partial charge in [0.05, 0.1) is 0 Å². The zero-order valence-electron chi connectivity index (χ0n) is 10.9. The molecule has 2 rings (SSSR count). The van der Waals surface area contributed by atoms with Crippen LogP contribution in [0.15, 0.2) is 22.7 Å². The molecule has 1 aromatic rings. The van der Waals surface area contributed by atoms with E-state index in [1.165, 1.54) is 0 Å². The van der Waals surface area contributed by atoms with Crippen molar-refractivity contribution in [1.82, 2.24) is 10.2 Å². The van der Waals surface area contributed by atoms with E-state index >= 15 is 0 Å². The highest BCUT2D eigenvalue weighted by Crippen LogP contribution is 2.28. The van der Waals surface area contributed by atoms with Crippen LogP contribution in [0.5, 0.6) is 0 Å². The Kier molecular flexibility index (Phi) is 4.76. The highest BCUT2D eigenvalue weighted by atomic mass is 79.9. The van der Waals surface area contributed by atoms with Crippen molar-refractivity contribution in [3.8, 4) is 0 Å². The molecule has 0 aliphatic carbocycles. The Morgan fingerprint density at radius 1 is 1.50 bits per heavy atom. The second-order valence-electron chi connectivity index (χ2n) is 4.89. The molecule has 1 unspecified atom stereocenters. The number of nitrogens with zero attached hydrogens (tertiary/aromatic N) is 1. The van der Waals surface area contributed by atoms with Gasteiger partial charge in [-0.15, -0.1) is 0 Å². The highest BCUT2D eigenvalue weighted by Gasteiger charge is 2.29.